The third kappa shape index (κ3) is 3.49. The van der Waals surface area contributed by atoms with Crippen molar-refractivity contribution in [3.05, 3.63) is 29.8 Å². The van der Waals surface area contributed by atoms with E-state index in [0.29, 0.717) is 0 Å². The summed E-state index contributed by atoms with van der Waals surface area (Å²) in [6.45, 7) is 2.03. The summed E-state index contributed by atoms with van der Waals surface area (Å²) in [6, 6.07) is 7.97. The molecule has 0 radical (unpaired) electrons. The fraction of sp³-hybridized carbons (Fsp3) is 0.562. The maximum atomic E-state index is 11.8. The number of carboxylic acids is 1. The van der Waals surface area contributed by atoms with Gasteiger partial charge in [-0.1, -0.05) is 49.8 Å². The highest BCUT2D eigenvalue weighted by Gasteiger charge is 2.37. The molecule has 0 heterocycles. The van der Waals surface area contributed by atoms with Gasteiger partial charge in [0.05, 0.1) is 0 Å². The molecule has 2 N–H and O–H groups in total. The number of benzene rings is 1. The lowest BCUT2D eigenvalue weighted by atomic mass is 9.83. The fourth-order valence-corrected chi connectivity index (χ4v) is 2.81. The van der Waals surface area contributed by atoms with E-state index in [1.807, 2.05) is 31.2 Å². The molecule has 3 nitrogen and oxygen atoms in total. The van der Waals surface area contributed by atoms with E-state index >= 15 is 0 Å². The Bertz CT molecular complexity index is 417. The first-order valence-corrected chi connectivity index (χ1v) is 7.21. The number of aliphatic carboxylic acids is 1. The van der Waals surface area contributed by atoms with Crippen LogP contribution in [0.5, 0.6) is 0 Å². The summed E-state index contributed by atoms with van der Waals surface area (Å²) < 4.78 is 0. The number of aryl methyl sites for hydroxylation is 1. The summed E-state index contributed by atoms with van der Waals surface area (Å²) in [6.07, 6.45) is 6.94. The number of rotatable bonds is 3. The van der Waals surface area contributed by atoms with Crippen molar-refractivity contribution in [2.45, 2.75) is 57.4 Å². The van der Waals surface area contributed by atoms with E-state index in [2.05, 4.69) is 5.32 Å². The summed E-state index contributed by atoms with van der Waals surface area (Å²) in [5.74, 6) is -0.713. The summed E-state index contributed by atoms with van der Waals surface area (Å²) in [5.41, 5.74) is 1.32. The van der Waals surface area contributed by atoms with Crippen LogP contribution in [0.25, 0.3) is 0 Å². The van der Waals surface area contributed by atoms with Gasteiger partial charge in [0.2, 0.25) is 0 Å². The SMILES string of the molecule is Cc1ccc(NC2(C(=O)O)CCCCCCC2)cc1. The van der Waals surface area contributed by atoms with Crippen LogP contribution in [0.15, 0.2) is 24.3 Å². The van der Waals surface area contributed by atoms with Gasteiger partial charge in [-0.3, -0.25) is 0 Å². The van der Waals surface area contributed by atoms with Crippen molar-refractivity contribution in [3.8, 4) is 0 Å². The van der Waals surface area contributed by atoms with Gasteiger partial charge < -0.3 is 10.4 Å². The maximum Gasteiger partial charge on any atom is 0.329 e. The van der Waals surface area contributed by atoms with E-state index in [4.69, 9.17) is 0 Å². The molecule has 19 heavy (non-hydrogen) atoms. The molecule has 3 heteroatoms. The molecule has 1 aromatic rings. The van der Waals surface area contributed by atoms with Crippen molar-refractivity contribution in [1.29, 1.82) is 0 Å². The lowest BCUT2D eigenvalue weighted by molar-refractivity contribution is -0.143. The van der Waals surface area contributed by atoms with Crippen molar-refractivity contribution in [3.63, 3.8) is 0 Å². The third-order valence-corrected chi connectivity index (χ3v) is 4.05. The predicted molar refractivity (Wildman–Crippen MR) is 77.5 cm³/mol. The van der Waals surface area contributed by atoms with E-state index in [9.17, 15) is 9.90 Å². The molecule has 0 saturated heterocycles. The molecule has 2 rings (SSSR count). The number of anilines is 1. The van der Waals surface area contributed by atoms with Crippen molar-refractivity contribution < 1.29 is 9.90 Å². The van der Waals surface area contributed by atoms with Crippen LogP contribution in [0.1, 0.15) is 50.5 Å². The zero-order valence-corrected chi connectivity index (χ0v) is 11.6. The van der Waals surface area contributed by atoms with Gasteiger partial charge in [0, 0.05) is 5.69 Å². The summed E-state index contributed by atoms with van der Waals surface area (Å²) >= 11 is 0. The van der Waals surface area contributed by atoms with Gasteiger partial charge in [0.25, 0.3) is 0 Å². The molecular formula is C16H23NO2. The van der Waals surface area contributed by atoms with E-state index in [0.717, 1.165) is 44.2 Å². The first-order valence-electron chi connectivity index (χ1n) is 7.21. The van der Waals surface area contributed by atoms with Gasteiger partial charge in [-0.05, 0) is 31.9 Å². The third-order valence-electron chi connectivity index (χ3n) is 4.05. The minimum absolute atomic E-state index is 0.713. The average molecular weight is 261 g/mol. The molecule has 0 amide bonds. The summed E-state index contributed by atoms with van der Waals surface area (Å²) in [7, 11) is 0. The van der Waals surface area contributed by atoms with Crippen LogP contribution in [0, 0.1) is 6.92 Å². The molecule has 1 aromatic carbocycles. The van der Waals surface area contributed by atoms with Gasteiger partial charge >= 0.3 is 5.97 Å². The fourth-order valence-electron chi connectivity index (χ4n) is 2.81. The molecule has 1 aliphatic rings. The molecule has 0 atom stereocenters. The maximum absolute atomic E-state index is 11.8. The highest BCUT2D eigenvalue weighted by Crippen LogP contribution is 2.30. The second kappa shape index (κ2) is 6.09. The summed E-state index contributed by atoms with van der Waals surface area (Å²) in [5, 5.41) is 12.9. The first-order chi connectivity index (χ1) is 9.12. The molecule has 0 unspecified atom stereocenters. The molecule has 0 spiro atoms. The molecule has 1 aliphatic carbocycles. The van der Waals surface area contributed by atoms with Crippen LogP contribution in [0.3, 0.4) is 0 Å². The topological polar surface area (TPSA) is 49.3 Å². The van der Waals surface area contributed by atoms with E-state index in [1.54, 1.807) is 0 Å². The molecule has 0 aliphatic heterocycles. The Balaban J connectivity index is 2.17. The molecular weight excluding hydrogens is 238 g/mol. The van der Waals surface area contributed by atoms with Crippen LogP contribution in [-0.4, -0.2) is 16.6 Å². The number of carbonyl (C=O) groups is 1. The number of hydrogen-bond acceptors (Lipinski definition) is 2. The zero-order chi connectivity index (χ0) is 13.7. The highest BCUT2D eigenvalue weighted by molar-refractivity contribution is 5.82. The molecule has 1 fully saturated rings. The Morgan fingerprint density at radius 2 is 1.58 bits per heavy atom. The van der Waals surface area contributed by atoms with Gasteiger partial charge in [-0.25, -0.2) is 4.79 Å². The van der Waals surface area contributed by atoms with Gasteiger partial charge in [-0.2, -0.15) is 0 Å². The minimum atomic E-state index is -0.782. The lowest BCUT2D eigenvalue weighted by Crippen LogP contribution is -2.46. The van der Waals surface area contributed by atoms with E-state index < -0.39 is 11.5 Å². The van der Waals surface area contributed by atoms with Crippen LogP contribution in [0.4, 0.5) is 5.69 Å². The lowest BCUT2D eigenvalue weighted by Gasteiger charge is -2.33. The Kier molecular flexibility index (Phi) is 4.46. The Labute approximate surface area is 115 Å². The second-order valence-electron chi connectivity index (χ2n) is 5.65. The van der Waals surface area contributed by atoms with Gasteiger partial charge in [-0.15, -0.1) is 0 Å². The second-order valence-corrected chi connectivity index (χ2v) is 5.65. The standard InChI is InChI=1S/C16H23NO2/c1-13-7-9-14(10-8-13)17-16(15(18)19)11-5-3-2-4-6-12-16/h7-10,17H,2-6,11-12H2,1H3,(H,18,19). The predicted octanol–water partition coefficient (Wildman–Crippen LogP) is 3.97. The number of carboxylic acid groups (broad SMARTS) is 1. The molecule has 0 bridgehead atoms. The van der Waals surface area contributed by atoms with E-state index in [1.165, 1.54) is 12.0 Å². The first kappa shape index (κ1) is 13.9. The van der Waals surface area contributed by atoms with Gasteiger partial charge in [0.15, 0.2) is 0 Å². The Morgan fingerprint density at radius 3 is 2.11 bits per heavy atom. The van der Waals surface area contributed by atoms with E-state index in [-0.39, 0.29) is 0 Å². The Morgan fingerprint density at radius 1 is 1.05 bits per heavy atom. The van der Waals surface area contributed by atoms with Crippen LogP contribution in [-0.2, 0) is 4.79 Å². The molecule has 1 saturated carbocycles. The average Bonchev–Trinajstić information content (AvgIpc) is 2.35. The zero-order valence-electron chi connectivity index (χ0n) is 11.6. The minimum Gasteiger partial charge on any atom is -0.480 e. The summed E-state index contributed by atoms with van der Waals surface area (Å²) in [4.78, 5) is 11.8. The number of hydrogen-bond donors (Lipinski definition) is 2. The monoisotopic (exact) mass is 261 g/mol. The van der Waals surface area contributed by atoms with Crippen LogP contribution in [0.2, 0.25) is 0 Å². The van der Waals surface area contributed by atoms with Crippen LogP contribution >= 0.6 is 0 Å². The largest absolute Gasteiger partial charge is 0.480 e. The van der Waals surface area contributed by atoms with Crippen molar-refractivity contribution in [2.24, 2.45) is 0 Å². The van der Waals surface area contributed by atoms with Crippen molar-refractivity contribution in [1.82, 2.24) is 0 Å². The van der Waals surface area contributed by atoms with Gasteiger partial charge in [0.1, 0.15) is 5.54 Å². The molecule has 104 valence electrons. The van der Waals surface area contributed by atoms with Crippen molar-refractivity contribution >= 4 is 11.7 Å². The van der Waals surface area contributed by atoms with Crippen LogP contribution < -0.4 is 5.32 Å². The smallest absolute Gasteiger partial charge is 0.329 e. The normalized spacial score (nSPS) is 19.2. The molecule has 0 aromatic heterocycles. The Hall–Kier alpha value is -1.51. The van der Waals surface area contributed by atoms with Crippen molar-refractivity contribution in [2.75, 3.05) is 5.32 Å². The highest BCUT2D eigenvalue weighted by atomic mass is 16.4. The quantitative estimate of drug-likeness (QED) is 0.865. The number of nitrogens with one attached hydrogen (secondary N) is 1.